The minimum atomic E-state index is -0.766. The Morgan fingerprint density at radius 2 is 2.15 bits per heavy atom. The molecule has 2 heterocycles. The summed E-state index contributed by atoms with van der Waals surface area (Å²) in [6.07, 6.45) is 3.01. The molecule has 3 rings (SSSR count). The summed E-state index contributed by atoms with van der Waals surface area (Å²) in [6, 6.07) is 5.38. The monoisotopic (exact) mass is 377 g/mol. The second kappa shape index (κ2) is 6.59. The minimum Gasteiger partial charge on any atom is -0.444 e. The third-order valence-electron chi connectivity index (χ3n) is 4.20. The van der Waals surface area contributed by atoms with E-state index in [1.54, 1.807) is 17.3 Å². The summed E-state index contributed by atoms with van der Waals surface area (Å²) in [4.78, 5) is 21.8. The van der Waals surface area contributed by atoms with Gasteiger partial charge in [-0.1, -0.05) is 17.7 Å². The molecule has 1 aliphatic rings. The molecule has 0 radical (unpaired) electrons. The zero-order valence-electron chi connectivity index (χ0n) is 15.7. The highest BCUT2D eigenvalue weighted by molar-refractivity contribution is 6.33. The molecule has 0 aliphatic carbocycles. The van der Waals surface area contributed by atoms with Crippen LogP contribution in [0.3, 0.4) is 0 Å². The van der Waals surface area contributed by atoms with E-state index in [2.05, 4.69) is 9.97 Å². The summed E-state index contributed by atoms with van der Waals surface area (Å²) in [6.45, 7) is 9.65. The van der Waals surface area contributed by atoms with Crippen molar-refractivity contribution in [1.29, 1.82) is 0 Å². The first-order valence-electron chi connectivity index (χ1n) is 8.54. The van der Waals surface area contributed by atoms with Gasteiger partial charge in [0.05, 0.1) is 17.7 Å². The minimum absolute atomic E-state index is 0.272. The van der Waals surface area contributed by atoms with Crippen molar-refractivity contribution in [2.24, 2.45) is 0 Å². The lowest BCUT2D eigenvalue weighted by Gasteiger charge is -2.35. The van der Waals surface area contributed by atoms with Crippen LogP contribution in [-0.2, 0) is 9.47 Å². The predicted octanol–water partition coefficient (Wildman–Crippen LogP) is 4.77. The number of nitrogens with one attached hydrogen (secondary N) is 1. The van der Waals surface area contributed by atoms with Crippen molar-refractivity contribution >= 4 is 17.7 Å². The molecule has 1 saturated heterocycles. The highest BCUT2D eigenvalue weighted by atomic mass is 35.5. The van der Waals surface area contributed by atoms with Gasteiger partial charge >= 0.3 is 6.09 Å². The summed E-state index contributed by atoms with van der Waals surface area (Å²) in [7, 11) is 0. The number of hydrogen-bond donors (Lipinski definition) is 1. The number of rotatable bonds is 2. The first-order chi connectivity index (χ1) is 12.1. The largest absolute Gasteiger partial charge is 0.444 e. The lowest BCUT2D eigenvalue weighted by Crippen LogP contribution is -2.47. The van der Waals surface area contributed by atoms with Crippen LogP contribution >= 0.6 is 11.6 Å². The Morgan fingerprint density at radius 1 is 1.42 bits per heavy atom. The zero-order chi connectivity index (χ0) is 19.1. The van der Waals surface area contributed by atoms with Gasteiger partial charge in [0.25, 0.3) is 0 Å². The van der Waals surface area contributed by atoms with Crippen LogP contribution in [0.5, 0.6) is 0 Å². The van der Waals surface area contributed by atoms with Gasteiger partial charge in [-0.3, -0.25) is 4.90 Å². The lowest BCUT2D eigenvalue weighted by molar-refractivity contribution is -0.0626. The summed E-state index contributed by atoms with van der Waals surface area (Å²) >= 11 is 6.34. The van der Waals surface area contributed by atoms with Crippen LogP contribution in [0.1, 0.15) is 46.2 Å². The number of benzene rings is 1. The molecule has 1 fully saturated rings. The highest BCUT2D eigenvalue weighted by Crippen LogP contribution is 2.39. The number of imidazole rings is 1. The molecule has 0 saturated carbocycles. The smallest absolute Gasteiger partial charge is 0.413 e. The standard InChI is InChI=1S/C19H24ClN3O3/c1-18(2,3)26-17(24)23-15(11-25-19(23,4)5)12-6-7-14(20)13(10-12)16-21-8-9-22-16/h6-10,15H,11H2,1-5H3,(H,21,22)/t15-/m1/s1. The van der Waals surface area contributed by atoms with Crippen molar-refractivity contribution in [2.75, 3.05) is 6.61 Å². The fourth-order valence-electron chi connectivity index (χ4n) is 3.05. The SMILES string of the molecule is CC(C)(C)OC(=O)N1[C@@H](c2ccc(Cl)c(-c3ncc[nH]3)c2)COC1(C)C. The summed E-state index contributed by atoms with van der Waals surface area (Å²) in [5.74, 6) is 0.679. The average Bonchev–Trinajstić information content (AvgIpc) is 3.13. The molecular weight excluding hydrogens is 354 g/mol. The van der Waals surface area contributed by atoms with E-state index in [1.165, 1.54) is 0 Å². The second-order valence-electron chi connectivity index (χ2n) is 7.80. The number of carbonyl (C=O) groups is 1. The summed E-state index contributed by atoms with van der Waals surface area (Å²) < 4.78 is 11.5. The molecule has 1 aromatic heterocycles. The van der Waals surface area contributed by atoms with Crippen LogP contribution < -0.4 is 0 Å². The molecule has 26 heavy (non-hydrogen) atoms. The maximum atomic E-state index is 12.8. The Morgan fingerprint density at radius 3 is 2.77 bits per heavy atom. The van der Waals surface area contributed by atoms with E-state index in [9.17, 15) is 4.79 Å². The van der Waals surface area contributed by atoms with Crippen LogP contribution in [0.15, 0.2) is 30.6 Å². The Bertz CT molecular complexity index is 797. The molecule has 1 aliphatic heterocycles. The van der Waals surface area contributed by atoms with Crippen molar-refractivity contribution in [2.45, 2.75) is 52.0 Å². The molecule has 0 unspecified atom stereocenters. The fraction of sp³-hybridized carbons (Fsp3) is 0.474. The second-order valence-corrected chi connectivity index (χ2v) is 8.21. The van der Waals surface area contributed by atoms with Crippen LogP contribution in [0.4, 0.5) is 4.79 Å². The third kappa shape index (κ3) is 3.71. The number of nitrogens with zero attached hydrogens (tertiary/aromatic N) is 2. The average molecular weight is 378 g/mol. The zero-order valence-corrected chi connectivity index (χ0v) is 16.4. The number of amides is 1. The quantitative estimate of drug-likeness (QED) is 0.818. The number of ether oxygens (including phenoxy) is 2. The Kier molecular flexibility index (Phi) is 4.75. The molecule has 2 aromatic rings. The van der Waals surface area contributed by atoms with Crippen molar-refractivity contribution in [3.63, 3.8) is 0 Å². The Labute approximate surface area is 158 Å². The van der Waals surface area contributed by atoms with Gasteiger partial charge < -0.3 is 14.5 Å². The van der Waals surface area contributed by atoms with Gasteiger partial charge in [-0.2, -0.15) is 0 Å². The van der Waals surface area contributed by atoms with Crippen molar-refractivity contribution < 1.29 is 14.3 Å². The normalized spacial score (nSPS) is 19.6. The van der Waals surface area contributed by atoms with Crippen LogP contribution in [0, 0.1) is 0 Å². The first-order valence-corrected chi connectivity index (χ1v) is 8.92. The Hall–Kier alpha value is -2.05. The maximum absolute atomic E-state index is 12.8. The molecule has 7 heteroatoms. The third-order valence-corrected chi connectivity index (χ3v) is 4.53. The topological polar surface area (TPSA) is 67.5 Å². The Balaban J connectivity index is 1.97. The number of H-pyrrole nitrogens is 1. The van der Waals surface area contributed by atoms with Crippen LogP contribution in [-0.4, -0.2) is 38.9 Å². The van der Waals surface area contributed by atoms with E-state index < -0.39 is 17.4 Å². The number of carbonyl (C=O) groups excluding carboxylic acids is 1. The molecule has 1 atom stereocenters. The van der Waals surface area contributed by atoms with Gasteiger partial charge in [0.1, 0.15) is 17.2 Å². The predicted molar refractivity (Wildman–Crippen MR) is 99.9 cm³/mol. The molecule has 140 valence electrons. The highest BCUT2D eigenvalue weighted by Gasteiger charge is 2.46. The molecule has 1 amide bonds. The van der Waals surface area contributed by atoms with Gasteiger partial charge in [0, 0.05) is 18.0 Å². The number of aromatic nitrogens is 2. The molecule has 0 spiro atoms. The maximum Gasteiger partial charge on any atom is 0.413 e. The molecule has 1 aromatic carbocycles. The fourth-order valence-corrected chi connectivity index (χ4v) is 3.26. The van der Waals surface area contributed by atoms with Crippen LogP contribution in [0.2, 0.25) is 5.02 Å². The molecule has 1 N–H and O–H groups in total. The van der Waals surface area contributed by atoms with Gasteiger partial charge in [0.2, 0.25) is 0 Å². The van der Waals surface area contributed by atoms with Crippen molar-refractivity contribution in [3.8, 4) is 11.4 Å². The lowest BCUT2D eigenvalue weighted by atomic mass is 10.0. The number of aromatic amines is 1. The summed E-state index contributed by atoms with van der Waals surface area (Å²) in [5, 5.41) is 0.589. The van der Waals surface area contributed by atoms with Crippen LogP contribution in [0.25, 0.3) is 11.4 Å². The van der Waals surface area contributed by atoms with E-state index in [1.807, 2.05) is 52.8 Å². The molecule has 6 nitrogen and oxygen atoms in total. The summed E-state index contributed by atoms with van der Waals surface area (Å²) in [5.41, 5.74) is 0.345. The first kappa shape index (κ1) is 18.7. The van der Waals surface area contributed by atoms with Crippen molar-refractivity contribution in [3.05, 3.63) is 41.2 Å². The molecule has 0 bridgehead atoms. The van der Waals surface area contributed by atoms with E-state index in [0.29, 0.717) is 17.5 Å². The van der Waals surface area contributed by atoms with Gasteiger partial charge in [-0.25, -0.2) is 9.78 Å². The van der Waals surface area contributed by atoms with E-state index in [0.717, 1.165) is 11.1 Å². The molecular formula is C19H24ClN3O3. The van der Waals surface area contributed by atoms with Gasteiger partial charge in [0.15, 0.2) is 0 Å². The van der Waals surface area contributed by atoms with E-state index in [4.69, 9.17) is 21.1 Å². The van der Waals surface area contributed by atoms with E-state index >= 15 is 0 Å². The number of halogens is 1. The van der Waals surface area contributed by atoms with Crippen molar-refractivity contribution in [1.82, 2.24) is 14.9 Å². The van der Waals surface area contributed by atoms with Gasteiger partial charge in [-0.15, -0.1) is 0 Å². The van der Waals surface area contributed by atoms with E-state index in [-0.39, 0.29) is 6.04 Å². The van der Waals surface area contributed by atoms with Gasteiger partial charge in [-0.05, 0) is 52.3 Å². The number of hydrogen-bond acceptors (Lipinski definition) is 4.